The number of H-pyrrole nitrogens is 2. The van der Waals surface area contributed by atoms with E-state index in [9.17, 15) is 14.4 Å². The van der Waals surface area contributed by atoms with Gasteiger partial charge in [0.05, 0.1) is 6.21 Å². The van der Waals surface area contributed by atoms with Gasteiger partial charge in [-0.25, -0.2) is 15.3 Å². The molecule has 33 heavy (non-hydrogen) atoms. The molecular weight excluding hydrogens is 422 g/mol. The normalized spacial score (nSPS) is 11.0. The third kappa shape index (κ3) is 5.59. The number of amides is 1. The first kappa shape index (κ1) is 21.7. The molecular formula is C24H21N5O4. The van der Waals surface area contributed by atoms with Crippen LogP contribution < -0.4 is 21.4 Å². The van der Waals surface area contributed by atoms with Crippen LogP contribution in [0.15, 0.2) is 81.4 Å². The molecule has 0 fully saturated rings. The zero-order chi connectivity index (χ0) is 23.0. The first-order valence-electron chi connectivity index (χ1n) is 10.3. The van der Waals surface area contributed by atoms with Gasteiger partial charge in [0, 0.05) is 18.4 Å². The van der Waals surface area contributed by atoms with E-state index in [-0.39, 0.29) is 18.5 Å². The molecule has 1 amide bonds. The minimum Gasteiger partial charge on any atom is -0.488 e. The van der Waals surface area contributed by atoms with E-state index in [4.69, 9.17) is 4.74 Å². The van der Waals surface area contributed by atoms with Gasteiger partial charge in [-0.1, -0.05) is 60.7 Å². The molecule has 0 saturated heterocycles. The van der Waals surface area contributed by atoms with Crippen molar-refractivity contribution in [3.63, 3.8) is 0 Å². The summed E-state index contributed by atoms with van der Waals surface area (Å²) in [6, 6.07) is 21.5. The molecule has 0 aliphatic carbocycles. The average Bonchev–Trinajstić information content (AvgIpc) is 2.83. The molecule has 9 nitrogen and oxygen atoms in total. The number of nitrogens with one attached hydrogen (secondary N) is 3. The summed E-state index contributed by atoms with van der Waals surface area (Å²) < 4.78 is 6.04. The summed E-state index contributed by atoms with van der Waals surface area (Å²) in [7, 11) is 0. The summed E-state index contributed by atoms with van der Waals surface area (Å²) in [4.78, 5) is 36.9. The van der Waals surface area contributed by atoms with Crippen LogP contribution in [0.25, 0.3) is 10.8 Å². The van der Waals surface area contributed by atoms with Crippen LogP contribution in [0.1, 0.15) is 23.2 Å². The number of fused-ring (bicyclic) bond motifs is 1. The average molecular weight is 443 g/mol. The minimum atomic E-state index is -0.696. The molecule has 1 aromatic heterocycles. The Bertz CT molecular complexity index is 1410. The van der Waals surface area contributed by atoms with Gasteiger partial charge >= 0.3 is 5.69 Å². The molecule has 4 aromatic rings. The Labute approximate surface area is 188 Å². The van der Waals surface area contributed by atoms with E-state index < -0.39 is 17.2 Å². The molecule has 3 N–H and O–H groups in total. The third-order valence-corrected chi connectivity index (χ3v) is 4.92. The van der Waals surface area contributed by atoms with Crippen LogP contribution in [-0.4, -0.2) is 27.3 Å². The summed E-state index contributed by atoms with van der Waals surface area (Å²) in [6.07, 6.45) is 1.59. The fourth-order valence-corrected chi connectivity index (χ4v) is 3.27. The Morgan fingerprint density at radius 3 is 2.64 bits per heavy atom. The van der Waals surface area contributed by atoms with E-state index in [1.165, 1.54) is 0 Å². The van der Waals surface area contributed by atoms with Crippen LogP contribution in [0.2, 0.25) is 0 Å². The molecule has 166 valence electrons. The van der Waals surface area contributed by atoms with Gasteiger partial charge in [0.2, 0.25) is 5.91 Å². The van der Waals surface area contributed by atoms with Crippen LogP contribution in [0, 0.1) is 0 Å². The van der Waals surface area contributed by atoms with Gasteiger partial charge in [0.15, 0.2) is 0 Å². The second-order valence-corrected chi connectivity index (χ2v) is 7.22. The SMILES string of the molecule is O=C(CCc1n[nH]c(=O)[nH]c1=O)N/N=C\c1c(OCc2ccccc2)ccc2ccccc12. The fourth-order valence-electron chi connectivity index (χ4n) is 3.27. The molecule has 1 heterocycles. The van der Waals surface area contributed by atoms with Gasteiger partial charge in [0.25, 0.3) is 5.56 Å². The Morgan fingerprint density at radius 2 is 1.82 bits per heavy atom. The molecule has 9 heteroatoms. The number of hydrogen-bond donors (Lipinski definition) is 3. The van der Waals surface area contributed by atoms with E-state index in [1.807, 2.05) is 66.7 Å². The lowest BCUT2D eigenvalue weighted by Crippen LogP contribution is -2.28. The van der Waals surface area contributed by atoms with Crippen molar-refractivity contribution in [3.8, 4) is 5.75 Å². The number of carbonyl (C=O) groups excluding carboxylic acids is 1. The zero-order valence-electron chi connectivity index (χ0n) is 17.6. The summed E-state index contributed by atoms with van der Waals surface area (Å²) in [5.41, 5.74) is 2.99. The molecule has 0 unspecified atom stereocenters. The van der Waals surface area contributed by atoms with Crippen LogP contribution in [0.5, 0.6) is 5.75 Å². The number of aromatic nitrogens is 3. The summed E-state index contributed by atoms with van der Waals surface area (Å²) >= 11 is 0. The highest BCUT2D eigenvalue weighted by Gasteiger charge is 2.09. The lowest BCUT2D eigenvalue weighted by atomic mass is 10.0. The Morgan fingerprint density at radius 1 is 1.03 bits per heavy atom. The van der Waals surface area contributed by atoms with Gasteiger partial charge < -0.3 is 4.74 Å². The number of rotatable bonds is 8. The number of ether oxygens (including phenoxy) is 1. The number of hydrogen-bond acceptors (Lipinski definition) is 6. The van der Waals surface area contributed by atoms with E-state index >= 15 is 0 Å². The van der Waals surface area contributed by atoms with Crippen molar-refractivity contribution in [1.82, 2.24) is 20.6 Å². The first-order chi connectivity index (χ1) is 16.1. The first-order valence-corrected chi connectivity index (χ1v) is 10.3. The van der Waals surface area contributed by atoms with Gasteiger partial charge in [-0.2, -0.15) is 10.2 Å². The predicted octanol–water partition coefficient (Wildman–Crippen LogP) is 2.27. The Hall–Kier alpha value is -4.53. The molecule has 0 atom stereocenters. The fraction of sp³-hybridized carbons (Fsp3) is 0.125. The summed E-state index contributed by atoms with van der Waals surface area (Å²) in [5, 5.41) is 11.8. The Balaban J connectivity index is 1.47. The molecule has 0 bridgehead atoms. The summed E-state index contributed by atoms with van der Waals surface area (Å²) in [6.45, 7) is 0.396. The third-order valence-electron chi connectivity index (χ3n) is 4.92. The topological polar surface area (TPSA) is 129 Å². The van der Waals surface area contributed by atoms with E-state index in [1.54, 1.807) is 6.21 Å². The molecule has 0 spiro atoms. The van der Waals surface area contributed by atoms with E-state index in [0.29, 0.717) is 12.4 Å². The molecule has 0 aliphatic rings. The van der Waals surface area contributed by atoms with Crippen molar-refractivity contribution in [3.05, 3.63) is 104 Å². The number of carbonyl (C=O) groups is 1. The van der Waals surface area contributed by atoms with E-state index in [2.05, 4.69) is 25.7 Å². The van der Waals surface area contributed by atoms with Crippen molar-refractivity contribution in [2.24, 2.45) is 5.10 Å². The second kappa shape index (κ2) is 10.2. The van der Waals surface area contributed by atoms with Crippen LogP contribution in [0.3, 0.4) is 0 Å². The molecule has 3 aromatic carbocycles. The van der Waals surface area contributed by atoms with Gasteiger partial charge in [-0.15, -0.1) is 0 Å². The van der Waals surface area contributed by atoms with E-state index in [0.717, 1.165) is 21.9 Å². The zero-order valence-corrected chi connectivity index (χ0v) is 17.6. The summed E-state index contributed by atoms with van der Waals surface area (Å²) in [5.74, 6) is 0.241. The van der Waals surface area contributed by atoms with Crippen LogP contribution in [0.4, 0.5) is 0 Å². The maximum atomic E-state index is 12.2. The lowest BCUT2D eigenvalue weighted by molar-refractivity contribution is -0.121. The predicted molar refractivity (Wildman–Crippen MR) is 124 cm³/mol. The van der Waals surface area contributed by atoms with Crippen molar-refractivity contribution in [2.45, 2.75) is 19.4 Å². The molecule has 0 saturated carbocycles. The number of aromatic amines is 2. The Kier molecular flexibility index (Phi) is 6.70. The van der Waals surface area contributed by atoms with Crippen molar-refractivity contribution < 1.29 is 9.53 Å². The van der Waals surface area contributed by atoms with Crippen molar-refractivity contribution in [1.29, 1.82) is 0 Å². The highest BCUT2D eigenvalue weighted by Crippen LogP contribution is 2.27. The van der Waals surface area contributed by atoms with Crippen LogP contribution in [-0.2, 0) is 17.8 Å². The van der Waals surface area contributed by atoms with Crippen molar-refractivity contribution >= 4 is 22.9 Å². The maximum Gasteiger partial charge on any atom is 0.342 e. The van der Waals surface area contributed by atoms with Gasteiger partial charge in [-0.3, -0.25) is 14.6 Å². The largest absolute Gasteiger partial charge is 0.488 e. The smallest absolute Gasteiger partial charge is 0.342 e. The molecule has 4 rings (SSSR count). The van der Waals surface area contributed by atoms with Crippen molar-refractivity contribution in [2.75, 3.05) is 0 Å². The number of nitrogens with zero attached hydrogens (tertiary/aromatic N) is 2. The molecule has 0 radical (unpaired) electrons. The number of hydrazone groups is 1. The van der Waals surface area contributed by atoms with Gasteiger partial charge in [0.1, 0.15) is 18.1 Å². The number of benzene rings is 3. The maximum absolute atomic E-state index is 12.2. The minimum absolute atomic E-state index is 0.0215. The second-order valence-electron chi connectivity index (χ2n) is 7.22. The standard InChI is InChI=1S/C24H21N5O4/c30-22(13-11-20-23(31)26-24(32)29-27-20)28-25-14-19-18-9-5-4-8-17(18)10-12-21(19)33-15-16-6-2-1-3-7-16/h1-10,12,14H,11,13,15H2,(H,28,30)(H2,26,29,31,32)/b25-14-. The highest BCUT2D eigenvalue weighted by molar-refractivity contribution is 6.02. The quantitative estimate of drug-likeness (QED) is 0.284. The monoisotopic (exact) mass is 443 g/mol. The molecule has 0 aliphatic heterocycles. The number of aryl methyl sites for hydroxylation is 1. The highest BCUT2D eigenvalue weighted by atomic mass is 16.5. The lowest BCUT2D eigenvalue weighted by Gasteiger charge is -2.12. The van der Waals surface area contributed by atoms with Crippen LogP contribution >= 0.6 is 0 Å². The van der Waals surface area contributed by atoms with Gasteiger partial charge in [-0.05, 0) is 22.4 Å².